The lowest BCUT2D eigenvalue weighted by atomic mass is 9.79. The van der Waals surface area contributed by atoms with Gasteiger partial charge in [0.25, 0.3) is 0 Å². The molecule has 1 aliphatic rings. The van der Waals surface area contributed by atoms with Gasteiger partial charge in [0, 0.05) is 18.9 Å². The van der Waals surface area contributed by atoms with Gasteiger partial charge < -0.3 is 50.0 Å². The van der Waals surface area contributed by atoms with E-state index in [0.29, 0.717) is 5.56 Å². The van der Waals surface area contributed by atoms with Crippen LogP contribution < -0.4 is 0 Å². The van der Waals surface area contributed by atoms with Gasteiger partial charge in [-0.3, -0.25) is 0 Å². The quantitative estimate of drug-likeness (QED) is 0.119. The molecule has 37 heavy (non-hydrogen) atoms. The van der Waals surface area contributed by atoms with E-state index in [9.17, 15) is 50.1 Å². The number of aliphatic hydroxyl groups excluding tert-OH is 1. The van der Waals surface area contributed by atoms with E-state index in [0.717, 1.165) is 31.4 Å². The summed E-state index contributed by atoms with van der Waals surface area (Å²) < 4.78 is 15.1. The molecule has 1 unspecified atom stereocenters. The van der Waals surface area contributed by atoms with E-state index in [1.807, 2.05) is 0 Å². The minimum atomic E-state index is -2.29. The lowest BCUT2D eigenvalue weighted by Gasteiger charge is -2.41. The Labute approximate surface area is 209 Å². The molecule has 0 radical (unpaired) electrons. The predicted octanol–water partition coefficient (Wildman–Crippen LogP) is 0.424. The second-order valence-electron chi connectivity index (χ2n) is 8.29. The molecule has 3 rings (SSSR count). The van der Waals surface area contributed by atoms with Crippen molar-refractivity contribution >= 4 is 24.0 Å². The largest absolute Gasteiger partial charge is 0.504 e. The third-order valence-corrected chi connectivity index (χ3v) is 5.62. The number of hydrogen-bond donors (Lipinski definition) is 7. The number of ether oxygens (including phenoxy) is 3. The van der Waals surface area contributed by atoms with Gasteiger partial charge in [-0.15, -0.1) is 0 Å². The van der Waals surface area contributed by atoms with Crippen LogP contribution in [-0.2, 0) is 23.8 Å². The number of aliphatic hydroxyl groups is 2. The first-order valence-electron chi connectivity index (χ1n) is 10.7. The van der Waals surface area contributed by atoms with Crippen LogP contribution in [0, 0.1) is 0 Å². The summed E-state index contributed by atoms with van der Waals surface area (Å²) in [5.41, 5.74) is -2.41. The van der Waals surface area contributed by atoms with Crippen molar-refractivity contribution in [3.63, 3.8) is 0 Å². The molecule has 198 valence electrons. The Bertz CT molecular complexity index is 1210. The standard InChI is InChI=1S/C24H24O13/c1-35-23(33)24(34)9-17(29)21(37-22(32)12-7-15(27)20(31)16(28)8-12)18(10-24)36-19(30)5-3-11-2-4-13(25)14(26)6-11/h2-8,17-18,21,25-29,31,34H,9-10H2,1H3/b5-3+/t17-,18?,21-,24+/m1/s1. The van der Waals surface area contributed by atoms with Crippen molar-refractivity contribution < 1.29 is 64.3 Å². The highest BCUT2D eigenvalue weighted by Gasteiger charge is 2.53. The number of benzene rings is 2. The van der Waals surface area contributed by atoms with Gasteiger partial charge in [0.15, 0.2) is 40.5 Å². The Hall–Kier alpha value is -4.49. The Balaban J connectivity index is 1.84. The monoisotopic (exact) mass is 520 g/mol. The summed E-state index contributed by atoms with van der Waals surface area (Å²) in [6.45, 7) is 0. The van der Waals surface area contributed by atoms with Gasteiger partial charge in [0.05, 0.1) is 18.8 Å². The fourth-order valence-corrected chi connectivity index (χ4v) is 3.77. The second kappa shape index (κ2) is 10.6. The van der Waals surface area contributed by atoms with Crippen LogP contribution in [0.25, 0.3) is 6.08 Å². The molecule has 0 spiro atoms. The first-order chi connectivity index (χ1) is 17.3. The van der Waals surface area contributed by atoms with E-state index in [2.05, 4.69) is 4.74 Å². The lowest BCUT2D eigenvalue weighted by Crippen LogP contribution is -2.58. The molecule has 13 nitrogen and oxygen atoms in total. The number of carbonyl (C=O) groups excluding carboxylic acids is 3. The van der Waals surface area contributed by atoms with E-state index in [-0.39, 0.29) is 5.75 Å². The molecule has 2 aromatic rings. The number of esters is 3. The zero-order valence-corrected chi connectivity index (χ0v) is 19.3. The Kier molecular flexibility index (Phi) is 7.79. The summed E-state index contributed by atoms with van der Waals surface area (Å²) in [5, 5.41) is 69.0. The number of aromatic hydroxyl groups is 5. The maximum absolute atomic E-state index is 12.6. The van der Waals surface area contributed by atoms with Crippen molar-refractivity contribution in [2.45, 2.75) is 36.8 Å². The normalized spacial score (nSPS) is 23.4. The summed E-state index contributed by atoms with van der Waals surface area (Å²) in [6.07, 6.45) is -4.03. The van der Waals surface area contributed by atoms with Crippen molar-refractivity contribution in [3.8, 4) is 28.7 Å². The smallest absolute Gasteiger partial charge is 0.338 e. The molecule has 1 fully saturated rings. The summed E-state index contributed by atoms with van der Waals surface area (Å²) >= 11 is 0. The van der Waals surface area contributed by atoms with Crippen LogP contribution in [0.2, 0.25) is 0 Å². The first kappa shape index (κ1) is 27.1. The lowest BCUT2D eigenvalue weighted by molar-refractivity contribution is -0.198. The first-order valence-corrected chi connectivity index (χ1v) is 10.7. The Morgan fingerprint density at radius 1 is 0.919 bits per heavy atom. The Morgan fingerprint density at radius 2 is 1.57 bits per heavy atom. The van der Waals surface area contributed by atoms with Gasteiger partial charge in [-0.05, 0) is 35.9 Å². The number of hydrogen-bond acceptors (Lipinski definition) is 13. The molecule has 0 saturated heterocycles. The Morgan fingerprint density at radius 3 is 2.16 bits per heavy atom. The van der Waals surface area contributed by atoms with Gasteiger partial charge in [-0.25, -0.2) is 14.4 Å². The molecule has 2 aromatic carbocycles. The van der Waals surface area contributed by atoms with Crippen molar-refractivity contribution in [2.24, 2.45) is 0 Å². The van der Waals surface area contributed by atoms with Gasteiger partial charge in [-0.2, -0.15) is 0 Å². The van der Waals surface area contributed by atoms with Crippen LogP contribution in [-0.4, -0.2) is 84.7 Å². The highest BCUT2D eigenvalue weighted by Crippen LogP contribution is 2.37. The average Bonchev–Trinajstić information content (AvgIpc) is 2.84. The molecule has 0 aromatic heterocycles. The number of methoxy groups -OCH3 is 1. The molecule has 0 amide bonds. The molecule has 1 saturated carbocycles. The fourth-order valence-electron chi connectivity index (χ4n) is 3.77. The summed E-state index contributed by atoms with van der Waals surface area (Å²) in [7, 11) is 0.999. The van der Waals surface area contributed by atoms with Crippen LogP contribution >= 0.6 is 0 Å². The molecule has 0 aliphatic heterocycles. The van der Waals surface area contributed by atoms with Crippen LogP contribution in [0.1, 0.15) is 28.8 Å². The molecule has 1 aliphatic carbocycles. The van der Waals surface area contributed by atoms with Crippen LogP contribution in [0.5, 0.6) is 28.7 Å². The highest BCUT2D eigenvalue weighted by molar-refractivity contribution is 5.91. The van der Waals surface area contributed by atoms with Crippen molar-refractivity contribution in [1.82, 2.24) is 0 Å². The SMILES string of the molecule is COC(=O)[C@@]1(O)CC(OC(=O)/C=C/c2ccc(O)c(O)c2)[C@H](OC(=O)c2cc(O)c(O)c(O)c2)[C@H](O)C1. The van der Waals surface area contributed by atoms with Gasteiger partial charge >= 0.3 is 17.9 Å². The van der Waals surface area contributed by atoms with E-state index in [4.69, 9.17) is 9.47 Å². The molecule has 13 heteroatoms. The average molecular weight is 520 g/mol. The van der Waals surface area contributed by atoms with Gasteiger partial charge in [-0.1, -0.05) is 6.07 Å². The van der Waals surface area contributed by atoms with E-state index in [1.165, 1.54) is 18.2 Å². The molecular formula is C24H24O13. The maximum Gasteiger partial charge on any atom is 0.338 e. The van der Waals surface area contributed by atoms with Gasteiger partial charge in [0.2, 0.25) is 0 Å². The number of phenolic OH excluding ortho intramolecular Hbond substituents is 5. The molecule has 0 heterocycles. The summed E-state index contributed by atoms with van der Waals surface area (Å²) in [4.78, 5) is 37.2. The second-order valence-corrected chi connectivity index (χ2v) is 8.29. The van der Waals surface area contributed by atoms with Crippen LogP contribution in [0.15, 0.2) is 36.4 Å². The van der Waals surface area contributed by atoms with Crippen molar-refractivity contribution in [3.05, 3.63) is 47.5 Å². The third kappa shape index (κ3) is 6.02. The molecule has 7 N–H and O–H groups in total. The zero-order chi connectivity index (χ0) is 27.5. The summed E-state index contributed by atoms with van der Waals surface area (Å²) in [5.74, 6) is -6.72. The number of carbonyl (C=O) groups is 3. The van der Waals surface area contributed by atoms with E-state index < -0.39 is 83.2 Å². The number of phenols is 5. The highest BCUT2D eigenvalue weighted by atomic mass is 16.6. The van der Waals surface area contributed by atoms with Crippen molar-refractivity contribution in [1.29, 1.82) is 0 Å². The zero-order valence-electron chi connectivity index (χ0n) is 19.3. The molecule has 0 bridgehead atoms. The maximum atomic E-state index is 12.6. The molecule has 4 atom stereocenters. The number of rotatable bonds is 6. The van der Waals surface area contributed by atoms with Crippen molar-refractivity contribution in [2.75, 3.05) is 7.11 Å². The fraction of sp³-hybridized carbons (Fsp3) is 0.292. The van der Waals surface area contributed by atoms with E-state index >= 15 is 0 Å². The topological polar surface area (TPSA) is 221 Å². The van der Waals surface area contributed by atoms with Crippen LogP contribution in [0.4, 0.5) is 0 Å². The van der Waals surface area contributed by atoms with E-state index in [1.54, 1.807) is 0 Å². The minimum absolute atomic E-state index is 0.303. The third-order valence-electron chi connectivity index (χ3n) is 5.62. The minimum Gasteiger partial charge on any atom is -0.504 e. The van der Waals surface area contributed by atoms with Crippen LogP contribution in [0.3, 0.4) is 0 Å². The van der Waals surface area contributed by atoms with Gasteiger partial charge in [0.1, 0.15) is 6.10 Å². The molecular weight excluding hydrogens is 496 g/mol. The summed E-state index contributed by atoms with van der Waals surface area (Å²) in [6, 6.07) is 5.30. The predicted molar refractivity (Wildman–Crippen MR) is 122 cm³/mol.